The molecule has 0 amide bonds. The van der Waals surface area contributed by atoms with Gasteiger partial charge in [0.15, 0.2) is 0 Å². The van der Waals surface area contributed by atoms with Crippen LogP contribution in [0.4, 0.5) is 4.39 Å². The van der Waals surface area contributed by atoms with E-state index in [0.29, 0.717) is 17.1 Å². The molecule has 0 fully saturated rings. The van der Waals surface area contributed by atoms with Gasteiger partial charge >= 0.3 is 0 Å². The highest BCUT2D eigenvalue weighted by Crippen LogP contribution is 2.43. The fourth-order valence-corrected chi connectivity index (χ4v) is 8.45. The second-order valence-corrected chi connectivity index (χ2v) is 14.4. The smallest absolute Gasteiger partial charge is 0.217 e. The normalized spacial score (nSPS) is 12.2. The number of aromatic nitrogens is 5. The second kappa shape index (κ2) is 14.3. The van der Waals surface area contributed by atoms with E-state index in [1.165, 1.54) is 23.5 Å². The zero-order chi connectivity index (χ0) is 37.4. The van der Waals surface area contributed by atoms with Crippen LogP contribution in [0.1, 0.15) is 34.2 Å². The molecule has 0 spiro atoms. The highest BCUT2D eigenvalue weighted by Gasteiger charge is 2.40. The van der Waals surface area contributed by atoms with Crippen LogP contribution < -0.4 is 0 Å². The number of nitrogens with zero attached hydrogens (tertiary/aromatic N) is 6. The zero-order valence-corrected chi connectivity index (χ0v) is 30.3. The van der Waals surface area contributed by atoms with Gasteiger partial charge < -0.3 is 9.95 Å². The van der Waals surface area contributed by atoms with E-state index in [4.69, 9.17) is 16.7 Å². The number of thiazole rings is 1. The average molecular weight is 737 g/mol. The molecule has 0 saturated carbocycles. The molecule has 0 aliphatic rings. The number of aliphatic hydroxyl groups is 1. The molecular weight excluding hydrogens is 704 g/mol. The van der Waals surface area contributed by atoms with Crippen LogP contribution in [-0.4, -0.2) is 35.8 Å². The van der Waals surface area contributed by atoms with Crippen LogP contribution >= 0.6 is 11.3 Å². The lowest BCUT2D eigenvalue weighted by Crippen LogP contribution is -2.38. The minimum absolute atomic E-state index is 0.250. The lowest BCUT2D eigenvalue weighted by Gasteiger charge is -2.36. The molecule has 9 aromatic rings. The van der Waals surface area contributed by atoms with Crippen molar-refractivity contribution in [2.24, 2.45) is 0 Å². The predicted molar refractivity (Wildman–Crippen MR) is 216 cm³/mol. The van der Waals surface area contributed by atoms with Crippen LogP contribution in [0.15, 0.2) is 164 Å². The number of pyridine rings is 1. The van der Waals surface area contributed by atoms with Gasteiger partial charge in [-0.15, -0.1) is 11.3 Å². The molecule has 0 bridgehead atoms. The summed E-state index contributed by atoms with van der Waals surface area (Å²) < 4.78 is 19.4. The Morgan fingerprint density at radius 3 is 2.00 bits per heavy atom. The third-order valence-electron chi connectivity index (χ3n) is 10.1. The summed E-state index contributed by atoms with van der Waals surface area (Å²) in [5.41, 5.74) is 8.97. The Balaban J connectivity index is 1.24. The minimum Gasteiger partial charge on any atom is -0.386 e. The van der Waals surface area contributed by atoms with Gasteiger partial charge in [0.05, 0.1) is 28.5 Å². The Morgan fingerprint density at radius 1 is 0.745 bits per heavy atom. The van der Waals surface area contributed by atoms with Crippen molar-refractivity contribution in [2.75, 3.05) is 6.54 Å². The topological polar surface area (TPSA) is 72.6 Å². The first-order chi connectivity index (χ1) is 27.0. The summed E-state index contributed by atoms with van der Waals surface area (Å²) in [4.78, 5) is 12.8. The number of halogens is 1. The monoisotopic (exact) mass is 736 g/mol. The average Bonchev–Trinajstić information content (AvgIpc) is 3.99. The zero-order valence-electron chi connectivity index (χ0n) is 29.5. The summed E-state index contributed by atoms with van der Waals surface area (Å²) >= 11 is 1.44. The van der Waals surface area contributed by atoms with Gasteiger partial charge in [-0.05, 0) is 65.2 Å². The molecule has 55 heavy (non-hydrogen) atoms. The van der Waals surface area contributed by atoms with Crippen LogP contribution in [0.2, 0.25) is 0 Å². The maximum absolute atomic E-state index is 14.4. The van der Waals surface area contributed by atoms with Crippen molar-refractivity contribution in [1.82, 2.24) is 24.1 Å². The van der Waals surface area contributed by atoms with Gasteiger partial charge in [0.25, 0.3) is 0 Å². The molecular formula is C46H33FN6OS. The molecule has 7 nitrogen and oxygen atoms in total. The number of hydrogen-bond donors (Lipinski definition) is 1. The van der Waals surface area contributed by atoms with Gasteiger partial charge in [0, 0.05) is 34.6 Å². The molecule has 5 aromatic carbocycles. The standard InChI is InChI=1S/C46H33FN6OS/c1-48-26-25-41(54)45-50-39-23-19-32(27-42(39)55-45)40-28-49-43-24-20-33(29-52(40)43)38-30-53(51-44(38)31-17-21-37(47)22-18-31)46(34-11-5-2-6-12-34,35-13-7-3-8-14-35)36-15-9-4-10-16-36/h2-24,27-30,41,54H,25-26H2. The molecule has 0 saturated heterocycles. The molecule has 0 radical (unpaired) electrons. The summed E-state index contributed by atoms with van der Waals surface area (Å²) in [7, 11) is 0. The maximum Gasteiger partial charge on any atom is 0.217 e. The third kappa shape index (κ3) is 6.08. The number of hydrogen-bond acceptors (Lipinski definition) is 5. The number of benzene rings is 5. The van der Waals surface area contributed by atoms with E-state index in [-0.39, 0.29) is 12.4 Å². The molecule has 1 unspecified atom stereocenters. The van der Waals surface area contributed by atoms with Gasteiger partial charge in [0.1, 0.15) is 33.8 Å². The molecule has 1 N–H and O–H groups in total. The van der Waals surface area contributed by atoms with Crippen LogP contribution in [0, 0.1) is 12.4 Å². The highest BCUT2D eigenvalue weighted by molar-refractivity contribution is 7.18. The summed E-state index contributed by atoms with van der Waals surface area (Å²) in [6, 6.07) is 47.8. The quantitative estimate of drug-likeness (QED) is 0.112. The minimum atomic E-state index is -0.854. The van der Waals surface area contributed by atoms with Gasteiger partial charge in [-0.2, -0.15) is 5.10 Å². The summed E-state index contributed by atoms with van der Waals surface area (Å²) in [6.45, 7) is 7.33. The van der Waals surface area contributed by atoms with Crippen molar-refractivity contribution in [3.8, 4) is 33.6 Å². The first-order valence-corrected chi connectivity index (χ1v) is 18.8. The summed E-state index contributed by atoms with van der Waals surface area (Å²) in [5, 5.41) is 16.7. The van der Waals surface area contributed by atoms with E-state index < -0.39 is 11.6 Å². The Labute approximate surface area is 321 Å². The van der Waals surface area contributed by atoms with Gasteiger partial charge in [0.2, 0.25) is 6.54 Å². The van der Waals surface area contributed by atoms with Crippen molar-refractivity contribution in [2.45, 2.75) is 18.1 Å². The van der Waals surface area contributed by atoms with Crippen molar-refractivity contribution in [1.29, 1.82) is 0 Å². The Bertz CT molecular complexity index is 2710. The van der Waals surface area contributed by atoms with Gasteiger partial charge in [-0.1, -0.05) is 97.1 Å². The number of rotatable bonds is 10. The molecule has 4 aromatic heterocycles. The van der Waals surface area contributed by atoms with Crippen molar-refractivity contribution in [3.63, 3.8) is 0 Å². The van der Waals surface area contributed by atoms with E-state index in [1.54, 1.807) is 12.1 Å². The van der Waals surface area contributed by atoms with Gasteiger partial charge in [-0.25, -0.2) is 20.9 Å². The van der Waals surface area contributed by atoms with Crippen LogP contribution in [0.5, 0.6) is 0 Å². The van der Waals surface area contributed by atoms with E-state index >= 15 is 0 Å². The lowest BCUT2D eigenvalue weighted by molar-refractivity contribution is 0.172. The van der Waals surface area contributed by atoms with E-state index in [9.17, 15) is 9.50 Å². The lowest BCUT2D eigenvalue weighted by atomic mass is 9.77. The van der Waals surface area contributed by atoms with Crippen molar-refractivity contribution >= 4 is 27.2 Å². The van der Waals surface area contributed by atoms with E-state index in [2.05, 4.69) is 116 Å². The van der Waals surface area contributed by atoms with Gasteiger partial charge in [-0.3, -0.25) is 9.08 Å². The van der Waals surface area contributed by atoms with Crippen molar-refractivity contribution < 1.29 is 9.50 Å². The largest absolute Gasteiger partial charge is 0.386 e. The Kier molecular flexibility index (Phi) is 8.83. The second-order valence-electron chi connectivity index (χ2n) is 13.4. The Hall–Kier alpha value is -6.73. The van der Waals surface area contributed by atoms with E-state index in [0.717, 1.165) is 60.5 Å². The molecule has 0 aliphatic carbocycles. The fourth-order valence-electron chi connectivity index (χ4n) is 7.42. The summed E-state index contributed by atoms with van der Waals surface area (Å²) in [5.74, 6) is -0.315. The maximum atomic E-state index is 14.4. The molecule has 266 valence electrons. The Morgan fingerprint density at radius 2 is 1.36 bits per heavy atom. The molecule has 9 heteroatoms. The number of imidazole rings is 1. The van der Waals surface area contributed by atoms with E-state index in [1.807, 2.05) is 42.6 Å². The summed E-state index contributed by atoms with van der Waals surface area (Å²) in [6.07, 6.45) is 5.63. The number of aliphatic hydroxyl groups excluding tert-OH is 1. The molecule has 4 heterocycles. The molecule has 9 rings (SSSR count). The van der Waals surface area contributed by atoms with Crippen LogP contribution in [0.25, 0.3) is 54.4 Å². The first-order valence-electron chi connectivity index (χ1n) is 18.0. The molecule has 0 aliphatic heterocycles. The van der Waals surface area contributed by atoms with Crippen LogP contribution in [-0.2, 0) is 5.54 Å². The van der Waals surface area contributed by atoms with Crippen LogP contribution in [0.3, 0.4) is 0 Å². The third-order valence-corrected chi connectivity index (χ3v) is 11.2. The number of fused-ring (bicyclic) bond motifs is 2. The highest BCUT2D eigenvalue weighted by atomic mass is 32.1. The fraction of sp³-hybridized carbons (Fsp3) is 0.0870. The first kappa shape index (κ1) is 34.1. The molecule has 1 atom stereocenters. The SMILES string of the molecule is [C-]#[N+]CCC(O)c1nc2ccc(-c3cnc4ccc(-c5cn(C(c6ccccc6)(c6ccccc6)c6ccccc6)nc5-c5ccc(F)cc5)cn34)cc2s1. The predicted octanol–water partition coefficient (Wildman–Crippen LogP) is 10.5. The van der Waals surface area contributed by atoms with Crippen molar-refractivity contribution in [3.05, 3.63) is 203 Å².